The van der Waals surface area contributed by atoms with Gasteiger partial charge in [-0.15, -0.1) is 0 Å². The Bertz CT molecular complexity index is 998. The first kappa shape index (κ1) is 17.1. The third kappa shape index (κ3) is 2.21. The third-order valence-electron chi connectivity index (χ3n) is 6.47. The molecule has 2 aromatic carbocycles. The number of nitrogens with one attached hydrogen (secondary N) is 1. The molecule has 28 heavy (non-hydrogen) atoms. The number of benzene rings is 2. The van der Waals surface area contributed by atoms with Gasteiger partial charge in [-0.1, -0.05) is 72.8 Å². The highest BCUT2D eigenvalue weighted by Crippen LogP contribution is 2.55. The fraction of sp³-hybridized carbons (Fsp3) is 0.250. The van der Waals surface area contributed by atoms with Gasteiger partial charge in [0.1, 0.15) is 11.3 Å². The maximum atomic E-state index is 13.8. The zero-order valence-electron chi connectivity index (χ0n) is 15.7. The molecular weight excluding hydrogens is 348 g/mol. The summed E-state index contributed by atoms with van der Waals surface area (Å²) < 4.78 is 0. The molecular formula is C24H22N2O2. The van der Waals surface area contributed by atoms with Gasteiger partial charge in [-0.2, -0.15) is 0 Å². The lowest BCUT2D eigenvalue weighted by Crippen LogP contribution is -2.52. The molecule has 0 aromatic heterocycles. The number of Topliss-reactive ketones (excluding diaryl/α,β-unsaturated/α-hetero) is 1. The standard InChI is InChI=1S/C24H22N2O2/c1-26-15-18(16-9-3-2-4-10-16)21(22(27)17-11-5-6-12-17)24(26)19-13-7-8-14-20(19)25-23(24)28/h2-14,17-18,21H,15H2,1H3,(H,25,28)/t18-,21+,24-/m0/s1. The number of carbonyl (C=O) groups is 2. The van der Waals surface area contributed by atoms with Crippen molar-refractivity contribution in [2.24, 2.45) is 11.8 Å². The quantitative estimate of drug-likeness (QED) is 0.900. The number of fused-ring (bicyclic) bond motifs is 2. The maximum absolute atomic E-state index is 13.8. The van der Waals surface area contributed by atoms with Crippen LogP contribution >= 0.6 is 0 Å². The molecule has 3 aliphatic rings. The summed E-state index contributed by atoms with van der Waals surface area (Å²) in [4.78, 5) is 29.3. The highest BCUT2D eigenvalue weighted by Gasteiger charge is 2.64. The molecule has 5 rings (SSSR count). The molecule has 1 spiro atoms. The normalized spacial score (nSPS) is 28.8. The molecule has 0 saturated carbocycles. The fourth-order valence-corrected chi connectivity index (χ4v) is 5.26. The molecule has 3 atom stereocenters. The Morgan fingerprint density at radius 2 is 1.71 bits per heavy atom. The van der Waals surface area contributed by atoms with E-state index in [0.717, 1.165) is 16.8 Å². The van der Waals surface area contributed by atoms with Crippen LogP contribution in [0.25, 0.3) is 0 Å². The van der Waals surface area contributed by atoms with Crippen molar-refractivity contribution in [3.63, 3.8) is 0 Å². The van der Waals surface area contributed by atoms with Crippen LogP contribution in [0.3, 0.4) is 0 Å². The van der Waals surface area contributed by atoms with E-state index >= 15 is 0 Å². The molecule has 2 aliphatic heterocycles. The second-order valence-corrected chi connectivity index (χ2v) is 7.84. The second-order valence-electron chi connectivity index (χ2n) is 7.84. The lowest BCUT2D eigenvalue weighted by atomic mass is 9.69. The molecule has 1 N–H and O–H groups in total. The first-order valence-electron chi connectivity index (χ1n) is 9.70. The van der Waals surface area contributed by atoms with Crippen LogP contribution in [0.4, 0.5) is 5.69 Å². The lowest BCUT2D eigenvalue weighted by Gasteiger charge is -2.36. The third-order valence-corrected chi connectivity index (χ3v) is 6.47. The van der Waals surface area contributed by atoms with E-state index < -0.39 is 11.5 Å². The van der Waals surface area contributed by atoms with Gasteiger partial charge in [0.25, 0.3) is 0 Å². The van der Waals surface area contributed by atoms with Crippen molar-refractivity contribution in [2.75, 3.05) is 18.9 Å². The number of hydrogen-bond donors (Lipinski definition) is 1. The monoisotopic (exact) mass is 370 g/mol. The summed E-state index contributed by atoms with van der Waals surface area (Å²) in [6.45, 7) is 0.655. The Hall–Kier alpha value is -2.98. The number of likely N-dealkylation sites (tertiary alicyclic amines) is 1. The number of amides is 1. The molecule has 0 radical (unpaired) electrons. The Morgan fingerprint density at radius 1 is 1.04 bits per heavy atom. The summed E-state index contributed by atoms with van der Waals surface area (Å²) in [5.41, 5.74) is 1.85. The van der Waals surface area contributed by atoms with Gasteiger partial charge >= 0.3 is 0 Å². The number of rotatable bonds is 3. The molecule has 0 unspecified atom stereocenters. The van der Waals surface area contributed by atoms with Crippen molar-refractivity contribution in [1.82, 2.24) is 4.90 Å². The Labute approximate surface area is 164 Å². The number of hydrogen-bond acceptors (Lipinski definition) is 3. The fourth-order valence-electron chi connectivity index (χ4n) is 5.26. The summed E-state index contributed by atoms with van der Waals surface area (Å²) in [5, 5.41) is 3.04. The topological polar surface area (TPSA) is 49.4 Å². The molecule has 1 aliphatic carbocycles. The van der Waals surface area contributed by atoms with Gasteiger partial charge < -0.3 is 5.32 Å². The van der Waals surface area contributed by atoms with Crippen LogP contribution in [-0.4, -0.2) is 30.2 Å². The van der Waals surface area contributed by atoms with E-state index in [4.69, 9.17) is 0 Å². The number of nitrogens with zero attached hydrogens (tertiary/aromatic N) is 1. The number of allylic oxidation sites excluding steroid dienone is 4. The number of anilines is 1. The minimum atomic E-state index is -0.974. The van der Waals surface area contributed by atoms with E-state index in [2.05, 4.69) is 22.3 Å². The molecule has 1 amide bonds. The highest BCUT2D eigenvalue weighted by molar-refractivity contribution is 6.10. The number of ketones is 1. The van der Waals surface area contributed by atoms with Gasteiger partial charge in [0.2, 0.25) is 5.91 Å². The Kier molecular flexibility index (Phi) is 3.84. The van der Waals surface area contributed by atoms with Crippen LogP contribution in [0.15, 0.2) is 78.9 Å². The van der Waals surface area contributed by atoms with Gasteiger partial charge in [-0.25, -0.2) is 0 Å². The van der Waals surface area contributed by atoms with E-state index in [1.165, 1.54) is 0 Å². The minimum Gasteiger partial charge on any atom is -0.324 e. The minimum absolute atomic E-state index is 0.0435. The molecule has 4 heteroatoms. The smallest absolute Gasteiger partial charge is 0.250 e. The van der Waals surface area contributed by atoms with E-state index in [9.17, 15) is 9.59 Å². The van der Waals surface area contributed by atoms with Crippen molar-refractivity contribution in [3.05, 3.63) is 90.0 Å². The first-order chi connectivity index (χ1) is 13.6. The van der Waals surface area contributed by atoms with Gasteiger partial charge in [0.05, 0.1) is 11.8 Å². The molecule has 0 bridgehead atoms. The SMILES string of the molecule is CN1C[C@@H](c2ccccc2)[C@H](C(=O)C2C=CC=C2)[C@@]12C(=O)Nc1ccccc12. The van der Waals surface area contributed by atoms with Crippen LogP contribution in [-0.2, 0) is 15.1 Å². The molecule has 2 aromatic rings. The van der Waals surface area contributed by atoms with E-state index in [1.54, 1.807) is 0 Å². The number of para-hydroxylation sites is 1. The highest BCUT2D eigenvalue weighted by atomic mass is 16.2. The van der Waals surface area contributed by atoms with Crippen LogP contribution in [0.5, 0.6) is 0 Å². The summed E-state index contributed by atoms with van der Waals surface area (Å²) in [6, 6.07) is 17.9. The zero-order chi connectivity index (χ0) is 19.3. The van der Waals surface area contributed by atoms with E-state index in [1.807, 2.05) is 73.8 Å². The number of likely N-dealkylation sites (N-methyl/N-ethyl adjacent to an activating group) is 1. The molecule has 4 nitrogen and oxygen atoms in total. The average molecular weight is 370 g/mol. The van der Waals surface area contributed by atoms with Crippen LogP contribution < -0.4 is 5.32 Å². The van der Waals surface area contributed by atoms with Crippen LogP contribution in [0, 0.1) is 11.8 Å². The van der Waals surface area contributed by atoms with Crippen molar-refractivity contribution < 1.29 is 9.59 Å². The summed E-state index contributed by atoms with van der Waals surface area (Å²) >= 11 is 0. The predicted molar refractivity (Wildman–Crippen MR) is 109 cm³/mol. The van der Waals surface area contributed by atoms with Crippen LogP contribution in [0.2, 0.25) is 0 Å². The Morgan fingerprint density at radius 3 is 2.46 bits per heavy atom. The van der Waals surface area contributed by atoms with Gasteiger partial charge in [0.15, 0.2) is 0 Å². The largest absolute Gasteiger partial charge is 0.324 e. The Balaban J connectivity index is 1.71. The van der Waals surface area contributed by atoms with Crippen molar-refractivity contribution in [2.45, 2.75) is 11.5 Å². The van der Waals surface area contributed by atoms with E-state index in [-0.39, 0.29) is 23.5 Å². The van der Waals surface area contributed by atoms with Gasteiger partial charge in [-0.05, 0) is 18.7 Å². The van der Waals surface area contributed by atoms with Crippen LogP contribution in [0.1, 0.15) is 17.0 Å². The first-order valence-corrected chi connectivity index (χ1v) is 9.70. The molecule has 2 heterocycles. The van der Waals surface area contributed by atoms with Gasteiger partial charge in [0, 0.05) is 23.7 Å². The zero-order valence-corrected chi connectivity index (χ0v) is 15.7. The van der Waals surface area contributed by atoms with Gasteiger partial charge in [-0.3, -0.25) is 14.5 Å². The van der Waals surface area contributed by atoms with Crippen molar-refractivity contribution in [3.8, 4) is 0 Å². The molecule has 1 fully saturated rings. The summed E-state index contributed by atoms with van der Waals surface area (Å²) in [6.07, 6.45) is 7.67. The molecule has 140 valence electrons. The van der Waals surface area contributed by atoms with E-state index in [0.29, 0.717) is 6.54 Å². The summed E-state index contributed by atoms with van der Waals surface area (Å²) in [7, 11) is 1.96. The lowest BCUT2D eigenvalue weighted by molar-refractivity contribution is -0.136. The second kappa shape index (κ2) is 6.28. The summed E-state index contributed by atoms with van der Waals surface area (Å²) in [5.74, 6) is -0.770. The maximum Gasteiger partial charge on any atom is 0.250 e. The van der Waals surface area contributed by atoms with Crippen molar-refractivity contribution >= 4 is 17.4 Å². The van der Waals surface area contributed by atoms with Crippen molar-refractivity contribution in [1.29, 1.82) is 0 Å². The average Bonchev–Trinajstić information content (AvgIpc) is 3.42. The number of carbonyl (C=O) groups excluding carboxylic acids is 2. The molecule has 1 saturated heterocycles. The predicted octanol–water partition coefficient (Wildman–Crippen LogP) is 3.49.